The van der Waals surface area contributed by atoms with Gasteiger partial charge in [-0.1, -0.05) is 13.3 Å². The van der Waals surface area contributed by atoms with E-state index in [0.717, 1.165) is 32.1 Å². The van der Waals surface area contributed by atoms with Crippen molar-refractivity contribution in [2.24, 2.45) is 5.73 Å². The molecule has 3 unspecified atom stereocenters. The molecule has 0 aromatic carbocycles. The van der Waals surface area contributed by atoms with Gasteiger partial charge in [0.2, 0.25) is 5.91 Å². The first-order valence-electron chi connectivity index (χ1n) is 5.76. The number of ether oxygens (including phenoxy) is 1. The average molecular weight is 214 g/mol. The molecule has 0 heterocycles. The third-order valence-electron chi connectivity index (χ3n) is 3.00. The molecular weight excluding hydrogens is 192 g/mol. The van der Waals surface area contributed by atoms with Crippen LogP contribution in [0.4, 0.5) is 0 Å². The molecule has 0 aromatic heterocycles. The number of methoxy groups -OCH3 is 1. The molecule has 1 saturated carbocycles. The summed E-state index contributed by atoms with van der Waals surface area (Å²) < 4.78 is 5.25. The predicted molar refractivity (Wildman–Crippen MR) is 59.5 cm³/mol. The molecule has 0 saturated heterocycles. The zero-order valence-electron chi connectivity index (χ0n) is 9.66. The van der Waals surface area contributed by atoms with E-state index in [9.17, 15) is 4.79 Å². The summed E-state index contributed by atoms with van der Waals surface area (Å²) in [5.41, 5.74) is 5.73. The molecule has 3 N–H and O–H groups in total. The Morgan fingerprint density at radius 1 is 1.60 bits per heavy atom. The highest BCUT2D eigenvalue weighted by Crippen LogP contribution is 2.21. The maximum absolute atomic E-state index is 11.6. The summed E-state index contributed by atoms with van der Waals surface area (Å²) in [7, 11) is 1.72. The molecule has 15 heavy (non-hydrogen) atoms. The third-order valence-corrected chi connectivity index (χ3v) is 3.00. The van der Waals surface area contributed by atoms with Gasteiger partial charge in [-0.3, -0.25) is 4.79 Å². The Bertz CT molecular complexity index is 209. The first-order chi connectivity index (χ1) is 7.17. The van der Waals surface area contributed by atoms with Crippen molar-refractivity contribution in [3.05, 3.63) is 0 Å². The van der Waals surface area contributed by atoms with E-state index < -0.39 is 0 Å². The van der Waals surface area contributed by atoms with Crippen molar-refractivity contribution >= 4 is 5.91 Å². The van der Waals surface area contributed by atoms with Crippen LogP contribution < -0.4 is 11.1 Å². The van der Waals surface area contributed by atoms with E-state index in [1.807, 2.05) is 6.92 Å². The minimum Gasteiger partial charge on any atom is -0.381 e. The topological polar surface area (TPSA) is 64.4 Å². The fourth-order valence-electron chi connectivity index (χ4n) is 2.04. The normalized spacial score (nSPS) is 27.7. The number of nitrogens with one attached hydrogen (secondary N) is 1. The lowest BCUT2D eigenvalue weighted by Crippen LogP contribution is -2.44. The van der Waals surface area contributed by atoms with Crippen LogP contribution >= 0.6 is 0 Å². The molecule has 3 atom stereocenters. The molecule has 1 rings (SSSR count). The second-order valence-corrected chi connectivity index (χ2v) is 4.27. The van der Waals surface area contributed by atoms with Crippen LogP contribution in [0.15, 0.2) is 0 Å². The van der Waals surface area contributed by atoms with Crippen molar-refractivity contribution in [3.8, 4) is 0 Å². The molecule has 0 bridgehead atoms. The number of carbonyl (C=O) groups is 1. The molecule has 0 radical (unpaired) electrons. The van der Waals surface area contributed by atoms with Gasteiger partial charge in [-0.05, 0) is 25.7 Å². The molecule has 88 valence electrons. The second kappa shape index (κ2) is 6.08. The van der Waals surface area contributed by atoms with Crippen LogP contribution in [0.25, 0.3) is 0 Å². The molecule has 0 aromatic rings. The van der Waals surface area contributed by atoms with Gasteiger partial charge < -0.3 is 15.8 Å². The van der Waals surface area contributed by atoms with Gasteiger partial charge in [-0.25, -0.2) is 0 Å². The van der Waals surface area contributed by atoms with E-state index >= 15 is 0 Å². The third kappa shape index (κ3) is 3.80. The molecule has 1 fully saturated rings. The molecule has 1 amide bonds. The van der Waals surface area contributed by atoms with Crippen molar-refractivity contribution in [3.63, 3.8) is 0 Å². The molecule has 4 heteroatoms. The van der Waals surface area contributed by atoms with Crippen LogP contribution in [0.1, 0.15) is 39.0 Å². The van der Waals surface area contributed by atoms with Gasteiger partial charge in [0, 0.05) is 13.2 Å². The summed E-state index contributed by atoms with van der Waals surface area (Å²) in [6.45, 7) is 2.03. The van der Waals surface area contributed by atoms with Crippen LogP contribution in [0, 0.1) is 0 Å². The van der Waals surface area contributed by atoms with E-state index in [1.165, 1.54) is 0 Å². The van der Waals surface area contributed by atoms with E-state index in [2.05, 4.69) is 5.32 Å². The number of hydrogen-bond acceptors (Lipinski definition) is 3. The fourth-order valence-corrected chi connectivity index (χ4v) is 2.04. The predicted octanol–water partition coefficient (Wildman–Crippen LogP) is 0.797. The van der Waals surface area contributed by atoms with Crippen LogP contribution in [-0.2, 0) is 9.53 Å². The number of amides is 1. The quantitative estimate of drug-likeness (QED) is 0.711. The highest BCUT2D eigenvalue weighted by Gasteiger charge is 2.26. The Morgan fingerprint density at radius 2 is 2.33 bits per heavy atom. The van der Waals surface area contributed by atoms with E-state index in [-0.39, 0.29) is 18.0 Å². The number of nitrogens with two attached hydrogens (primary N) is 1. The smallest absolute Gasteiger partial charge is 0.237 e. The van der Waals surface area contributed by atoms with Crippen LogP contribution in [-0.4, -0.2) is 31.2 Å². The minimum absolute atomic E-state index is 0.0152. The largest absolute Gasteiger partial charge is 0.381 e. The fraction of sp³-hybridized carbons (Fsp3) is 0.909. The van der Waals surface area contributed by atoms with E-state index in [0.29, 0.717) is 6.10 Å². The van der Waals surface area contributed by atoms with Crippen molar-refractivity contribution in [2.75, 3.05) is 7.11 Å². The van der Waals surface area contributed by atoms with Crippen molar-refractivity contribution in [1.82, 2.24) is 5.32 Å². The van der Waals surface area contributed by atoms with Crippen LogP contribution in [0.2, 0.25) is 0 Å². The Morgan fingerprint density at radius 3 is 2.87 bits per heavy atom. The monoisotopic (exact) mass is 214 g/mol. The lowest BCUT2D eigenvalue weighted by atomic mass is 10.1. The van der Waals surface area contributed by atoms with Crippen molar-refractivity contribution in [1.29, 1.82) is 0 Å². The van der Waals surface area contributed by atoms with E-state index in [4.69, 9.17) is 10.5 Å². The molecule has 4 nitrogen and oxygen atoms in total. The van der Waals surface area contributed by atoms with Gasteiger partial charge in [-0.2, -0.15) is 0 Å². The first kappa shape index (κ1) is 12.5. The number of hydrogen-bond donors (Lipinski definition) is 2. The minimum atomic E-state index is -0.350. The standard InChI is InChI=1S/C11H22N2O2/c1-3-4-10(12)11(14)13-8-5-6-9(7-8)15-2/h8-10H,3-7,12H2,1-2H3,(H,13,14). The van der Waals surface area contributed by atoms with Gasteiger partial charge >= 0.3 is 0 Å². The molecule has 0 aliphatic heterocycles. The summed E-state index contributed by atoms with van der Waals surface area (Å²) in [4.78, 5) is 11.6. The van der Waals surface area contributed by atoms with Crippen molar-refractivity contribution in [2.45, 2.75) is 57.2 Å². The number of rotatable bonds is 5. The first-order valence-corrected chi connectivity index (χ1v) is 5.76. The summed E-state index contributed by atoms with van der Waals surface area (Å²) in [6, 6.07) is -0.0954. The van der Waals surface area contributed by atoms with Gasteiger partial charge in [0.25, 0.3) is 0 Å². The molecule has 1 aliphatic carbocycles. The van der Waals surface area contributed by atoms with Crippen LogP contribution in [0.5, 0.6) is 0 Å². The van der Waals surface area contributed by atoms with Crippen LogP contribution in [0.3, 0.4) is 0 Å². The van der Waals surface area contributed by atoms with Gasteiger partial charge in [0.1, 0.15) is 0 Å². The van der Waals surface area contributed by atoms with E-state index in [1.54, 1.807) is 7.11 Å². The highest BCUT2D eigenvalue weighted by molar-refractivity contribution is 5.81. The average Bonchev–Trinajstić information content (AvgIpc) is 2.66. The van der Waals surface area contributed by atoms with Gasteiger partial charge in [0.15, 0.2) is 0 Å². The summed E-state index contributed by atoms with van der Waals surface area (Å²) in [6.07, 6.45) is 4.96. The SMILES string of the molecule is CCCC(N)C(=O)NC1CCC(OC)C1. The maximum atomic E-state index is 11.6. The molecule has 1 aliphatic rings. The summed E-state index contributed by atoms with van der Waals surface area (Å²) in [5, 5.41) is 2.98. The zero-order valence-corrected chi connectivity index (χ0v) is 9.66. The Hall–Kier alpha value is -0.610. The Balaban J connectivity index is 2.27. The van der Waals surface area contributed by atoms with Gasteiger partial charge in [0.05, 0.1) is 12.1 Å². The molecule has 0 spiro atoms. The Labute approximate surface area is 91.5 Å². The number of carbonyl (C=O) groups excluding carboxylic acids is 1. The zero-order chi connectivity index (χ0) is 11.3. The highest BCUT2D eigenvalue weighted by atomic mass is 16.5. The maximum Gasteiger partial charge on any atom is 0.237 e. The van der Waals surface area contributed by atoms with Gasteiger partial charge in [-0.15, -0.1) is 0 Å². The summed E-state index contributed by atoms with van der Waals surface area (Å²) >= 11 is 0. The Kier molecular flexibility index (Phi) is 5.05. The summed E-state index contributed by atoms with van der Waals surface area (Å²) in [5.74, 6) is -0.0152. The second-order valence-electron chi connectivity index (χ2n) is 4.27. The molecular formula is C11H22N2O2. The lowest BCUT2D eigenvalue weighted by Gasteiger charge is -2.16. The van der Waals surface area contributed by atoms with Crippen molar-refractivity contribution < 1.29 is 9.53 Å². The lowest BCUT2D eigenvalue weighted by molar-refractivity contribution is -0.123.